The molecule has 0 N–H and O–H groups in total. The fourth-order valence-electron chi connectivity index (χ4n) is 3.03. The molecule has 0 heterocycles. The molecule has 0 bridgehead atoms. The van der Waals surface area contributed by atoms with E-state index < -0.39 is 22.5 Å². The van der Waals surface area contributed by atoms with E-state index >= 15 is 0 Å². The monoisotopic (exact) mass is 442 g/mol. The van der Waals surface area contributed by atoms with E-state index in [0.29, 0.717) is 0 Å². The smallest absolute Gasteiger partial charge is 0.193 e. The molecule has 0 saturated carbocycles. The van der Waals surface area contributed by atoms with Gasteiger partial charge in [0, 0.05) is 11.8 Å². The molecule has 0 spiro atoms. The second-order valence-corrected chi connectivity index (χ2v) is 20.5. The van der Waals surface area contributed by atoms with Crippen LogP contribution in [0.5, 0.6) is 0 Å². The van der Waals surface area contributed by atoms with Crippen molar-refractivity contribution in [2.75, 3.05) is 0 Å². The van der Waals surface area contributed by atoms with Gasteiger partial charge in [-0.25, -0.2) is 0 Å². The van der Waals surface area contributed by atoms with Crippen molar-refractivity contribution in [1.82, 2.24) is 0 Å². The van der Waals surface area contributed by atoms with Crippen molar-refractivity contribution in [1.29, 1.82) is 0 Å². The minimum Gasteiger partial charge on any atom is -0.407 e. The summed E-state index contributed by atoms with van der Waals surface area (Å²) in [7, 11) is -3.46. The van der Waals surface area contributed by atoms with Crippen molar-refractivity contribution in [3.05, 3.63) is 47.5 Å². The van der Waals surface area contributed by atoms with Crippen LogP contribution in [0.3, 0.4) is 0 Å². The van der Waals surface area contributed by atoms with Crippen molar-refractivity contribution < 1.29 is 9.22 Å². The summed E-state index contributed by atoms with van der Waals surface area (Å²) >= 11 is 0. The number of benzene rings is 1. The van der Waals surface area contributed by atoms with Crippen LogP contribution in [0.15, 0.2) is 42.0 Å². The molecule has 1 rings (SSSR count). The minimum absolute atomic E-state index is 0.0138. The highest BCUT2D eigenvalue weighted by Gasteiger charge is 2.40. The maximum Gasteiger partial charge on any atom is 0.193 e. The van der Waals surface area contributed by atoms with Crippen molar-refractivity contribution in [3.8, 4) is 11.5 Å². The second kappa shape index (κ2) is 10.3. The number of allylic oxidation sites excluding steroid dienone is 2. The number of Topliss-reactive ketones (excluding diaryl/α,β-unsaturated/α-hetero) is 1. The Bertz CT molecular complexity index is 799. The molecule has 4 heteroatoms. The normalized spacial score (nSPS) is 16.3. The number of ketones is 1. The van der Waals surface area contributed by atoms with Crippen LogP contribution in [-0.4, -0.2) is 28.3 Å². The Morgan fingerprint density at radius 3 is 2.03 bits per heavy atom. The Balaban J connectivity index is 3.21. The van der Waals surface area contributed by atoms with Crippen LogP contribution in [-0.2, 0) is 9.22 Å². The highest BCUT2D eigenvalue weighted by atomic mass is 28.4. The first-order valence-corrected chi connectivity index (χ1v) is 17.4. The number of hydrogen-bond acceptors (Lipinski definition) is 2. The molecule has 3 atom stereocenters. The van der Waals surface area contributed by atoms with Gasteiger partial charge in [0.05, 0.1) is 0 Å². The zero-order valence-electron chi connectivity index (χ0n) is 21.0. The molecule has 0 aromatic heterocycles. The van der Waals surface area contributed by atoms with Crippen molar-refractivity contribution in [2.24, 2.45) is 5.92 Å². The first-order valence-electron chi connectivity index (χ1n) is 11.0. The molecule has 166 valence electrons. The number of carbonyl (C=O) groups excluding carboxylic acids is 1. The maximum absolute atomic E-state index is 13.4. The molecule has 1 aromatic carbocycles. The third-order valence-electron chi connectivity index (χ3n) is 5.91. The molecule has 30 heavy (non-hydrogen) atoms. The molecule has 2 unspecified atom stereocenters. The van der Waals surface area contributed by atoms with Crippen LogP contribution in [0.1, 0.15) is 53.0 Å². The van der Waals surface area contributed by atoms with E-state index in [1.165, 1.54) is 0 Å². The number of hydrogen-bond donors (Lipinski definition) is 0. The van der Waals surface area contributed by atoms with Crippen LogP contribution >= 0.6 is 0 Å². The Labute approximate surface area is 187 Å². The van der Waals surface area contributed by atoms with Gasteiger partial charge in [-0.1, -0.05) is 89.7 Å². The SMILES string of the molecule is C/C(C#C[Si](C)(C)C)=C\C(c1ccccc1)C(C)C(=O)[C@H](C)O[Si](C)(C)C(C)(C)C. The highest BCUT2D eigenvalue weighted by Crippen LogP contribution is 2.38. The van der Waals surface area contributed by atoms with Crippen LogP contribution in [0, 0.1) is 17.4 Å². The topological polar surface area (TPSA) is 26.3 Å². The van der Waals surface area contributed by atoms with Gasteiger partial charge in [0.15, 0.2) is 14.1 Å². The highest BCUT2D eigenvalue weighted by molar-refractivity contribution is 6.83. The Kier molecular flexibility index (Phi) is 9.11. The summed E-state index contributed by atoms with van der Waals surface area (Å²) in [5.74, 6) is 3.31. The molecule has 0 fully saturated rings. The summed E-state index contributed by atoms with van der Waals surface area (Å²) in [6, 6.07) is 10.3. The average Bonchev–Trinajstić information content (AvgIpc) is 2.62. The van der Waals surface area contributed by atoms with E-state index in [-0.39, 0.29) is 22.7 Å². The zero-order valence-corrected chi connectivity index (χ0v) is 23.0. The fraction of sp³-hybridized carbons (Fsp3) is 0.577. The third-order valence-corrected chi connectivity index (χ3v) is 11.3. The van der Waals surface area contributed by atoms with Crippen LogP contribution in [0.25, 0.3) is 0 Å². The van der Waals surface area contributed by atoms with Gasteiger partial charge in [0.1, 0.15) is 14.2 Å². The molecule has 2 nitrogen and oxygen atoms in total. The molecule has 1 aromatic rings. The van der Waals surface area contributed by atoms with E-state index in [2.05, 4.69) is 90.1 Å². The zero-order chi connectivity index (χ0) is 23.3. The minimum atomic E-state index is -2.01. The predicted octanol–water partition coefficient (Wildman–Crippen LogP) is 7.21. The van der Waals surface area contributed by atoms with E-state index in [9.17, 15) is 4.79 Å². The lowest BCUT2D eigenvalue weighted by molar-refractivity contribution is -0.129. The number of rotatable bonds is 7. The second-order valence-electron chi connectivity index (χ2n) is 11.0. The van der Waals surface area contributed by atoms with Gasteiger partial charge in [-0.3, -0.25) is 4.79 Å². The summed E-state index contributed by atoms with van der Waals surface area (Å²) in [5.41, 5.74) is 5.61. The van der Waals surface area contributed by atoms with Crippen molar-refractivity contribution in [2.45, 2.75) is 91.3 Å². The quantitative estimate of drug-likeness (QED) is 0.329. The van der Waals surface area contributed by atoms with E-state index in [1.54, 1.807) is 0 Å². The molecular weight excluding hydrogens is 400 g/mol. The summed E-state index contributed by atoms with van der Waals surface area (Å²) in [6.45, 7) is 23.7. The third kappa shape index (κ3) is 8.02. The molecule has 0 aliphatic rings. The average molecular weight is 443 g/mol. The van der Waals surface area contributed by atoms with E-state index in [0.717, 1.165) is 11.1 Å². The Morgan fingerprint density at radius 2 is 1.57 bits per heavy atom. The lowest BCUT2D eigenvalue weighted by atomic mass is 9.82. The fourth-order valence-corrected chi connectivity index (χ4v) is 4.95. The van der Waals surface area contributed by atoms with Gasteiger partial charge in [-0.15, -0.1) is 5.54 Å². The van der Waals surface area contributed by atoms with Crippen LogP contribution in [0.2, 0.25) is 37.8 Å². The predicted molar refractivity (Wildman–Crippen MR) is 136 cm³/mol. The Morgan fingerprint density at radius 1 is 1.03 bits per heavy atom. The first kappa shape index (κ1) is 26.6. The number of carbonyl (C=O) groups is 1. The standard InChI is InChI=1S/C26H42O2Si2/c1-20(17-18-29(7,8)9)19-24(23-15-13-12-14-16-23)21(2)25(27)22(3)28-30(10,11)26(4,5)6/h12-16,19,21-22,24H,1-11H3/b20-19+/t21?,22-,24?/m0/s1. The van der Waals surface area contributed by atoms with Gasteiger partial charge in [0.2, 0.25) is 0 Å². The largest absolute Gasteiger partial charge is 0.407 e. The Hall–Kier alpha value is -1.42. The van der Waals surface area contributed by atoms with Gasteiger partial charge in [-0.05, 0) is 43.1 Å². The first-order chi connectivity index (χ1) is 13.5. The van der Waals surface area contributed by atoms with Gasteiger partial charge < -0.3 is 4.43 Å². The lowest BCUT2D eigenvalue weighted by Crippen LogP contribution is -2.46. The summed E-state index contributed by atoms with van der Waals surface area (Å²) in [6.07, 6.45) is 1.76. The van der Waals surface area contributed by atoms with E-state index in [4.69, 9.17) is 4.43 Å². The molecule has 0 amide bonds. The van der Waals surface area contributed by atoms with Crippen LogP contribution in [0.4, 0.5) is 0 Å². The van der Waals surface area contributed by atoms with Crippen molar-refractivity contribution in [3.63, 3.8) is 0 Å². The van der Waals surface area contributed by atoms with Gasteiger partial charge in [0.25, 0.3) is 0 Å². The molecule has 0 aliphatic carbocycles. The van der Waals surface area contributed by atoms with Crippen LogP contribution < -0.4 is 0 Å². The summed E-state index contributed by atoms with van der Waals surface area (Å²) < 4.78 is 6.41. The molecular formula is C26H42O2Si2. The molecule has 0 aliphatic heterocycles. The van der Waals surface area contributed by atoms with Gasteiger partial charge in [-0.2, -0.15) is 0 Å². The maximum atomic E-state index is 13.4. The molecule has 0 radical (unpaired) electrons. The van der Waals surface area contributed by atoms with Crippen molar-refractivity contribution >= 4 is 22.2 Å². The summed E-state index contributed by atoms with van der Waals surface area (Å²) in [5, 5.41) is 0.0759. The molecule has 0 saturated heterocycles. The lowest BCUT2D eigenvalue weighted by Gasteiger charge is -2.38. The van der Waals surface area contributed by atoms with Gasteiger partial charge >= 0.3 is 0 Å². The van der Waals surface area contributed by atoms with E-state index in [1.807, 2.05) is 32.0 Å². The summed E-state index contributed by atoms with van der Waals surface area (Å²) in [4.78, 5) is 13.4.